The van der Waals surface area contributed by atoms with Gasteiger partial charge in [-0.15, -0.1) is 0 Å². The lowest BCUT2D eigenvalue weighted by atomic mass is 9.82. The van der Waals surface area contributed by atoms with Gasteiger partial charge in [0, 0.05) is 111 Å². The zero-order valence-corrected chi connectivity index (χ0v) is 54.5. The van der Waals surface area contributed by atoms with E-state index in [0.717, 1.165) is 152 Å². The summed E-state index contributed by atoms with van der Waals surface area (Å²) in [4.78, 5) is 64.1. The Kier molecular flexibility index (Phi) is 22.1. The van der Waals surface area contributed by atoms with Gasteiger partial charge in [0.2, 0.25) is 17.7 Å². The molecule has 3 aromatic heterocycles. The number of carbonyl (C=O) groups is 3. The van der Waals surface area contributed by atoms with Gasteiger partial charge in [-0.1, -0.05) is 57.2 Å². The van der Waals surface area contributed by atoms with Gasteiger partial charge in [0.15, 0.2) is 0 Å². The van der Waals surface area contributed by atoms with Crippen LogP contribution >= 0.6 is 0 Å². The Hall–Kier alpha value is -6.45. The Labute approximate surface area is 540 Å². The van der Waals surface area contributed by atoms with Crippen molar-refractivity contribution in [3.63, 3.8) is 0 Å². The van der Waals surface area contributed by atoms with Crippen molar-refractivity contribution in [1.82, 2.24) is 44.4 Å². The Morgan fingerprint density at radius 3 is 0.871 bits per heavy atom. The number of fused-ring (bicyclic) bond motifs is 3. The Bertz CT molecular complexity index is 3180. The van der Waals surface area contributed by atoms with Crippen LogP contribution in [0.15, 0.2) is 91.4 Å². The van der Waals surface area contributed by atoms with E-state index in [9.17, 15) is 53.9 Å². The van der Waals surface area contributed by atoms with Gasteiger partial charge in [0.1, 0.15) is 0 Å². The van der Waals surface area contributed by atoms with Crippen molar-refractivity contribution in [2.45, 2.75) is 134 Å². The molecule has 6 fully saturated rings. The second-order valence-electron chi connectivity index (χ2n) is 28.2. The lowest BCUT2D eigenvalue weighted by Crippen LogP contribution is -2.43. The van der Waals surface area contributed by atoms with E-state index in [2.05, 4.69) is 71.6 Å². The van der Waals surface area contributed by atoms with E-state index in [0.29, 0.717) is 90.6 Å². The lowest BCUT2D eigenvalue weighted by molar-refractivity contribution is -0.137. The number of aromatic nitrogens is 3. The molecule has 6 saturated heterocycles. The van der Waals surface area contributed by atoms with E-state index in [4.69, 9.17) is 0 Å². The molecular formula is C72H90F9N9O3. The standard InChI is InChI=1S/3C24H30F3N3O/c3*1-16-12-18(15-30(14-16)22(31)13-17-7-10-29(2)11-8-17)19-5-6-21(24(25,26)27)23-20(19)4-3-9-28-23/h3*3-6,9,16-18H,7-8,10-15H2,1-2H3/t2*16-,18+;/m10./s1. The molecule has 93 heavy (non-hydrogen) atoms. The minimum absolute atomic E-state index is 0.00470. The van der Waals surface area contributed by atoms with Gasteiger partial charge in [0.05, 0.1) is 33.2 Å². The molecule has 21 heteroatoms. The van der Waals surface area contributed by atoms with E-state index in [-0.39, 0.29) is 52.0 Å². The summed E-state index contributed by atoms with van der Waals surface area (Å²) < 4.78 is 121. The first kappa shape index (κ1) is 69.4. The Morgan fingerprint density at radius 2 is 0.634 bits per heavy atom. The second-order valence-corrected chi connectivity index (χ2v) is 28.2. The zero-order valence-electron chi connectivity index (χ0n) is 54.5. The average Bonchev–Trinajstić information content (AvgIpc) is 0.795. The molecule has 0 radical (unpaired) electrons. The number of nitrogens with zero attached hydrogens (tertiary/aromatic N) is 9. The van der Waals surface area contributed by atoms with E-state index in [1.807, 2.05) is 14.7 Å². The van der Waals surface area contributed by atoms with Crippen LogP contribution in [0, 0.1) is 35.5 Å². The summed E-state index contributed by atoms with van der Waals surface area (Å²) in [7, 11) is 6.33. The number of likely N-dealkylation sites (tertiary alicyclic amines) is 6. The largest absolute Gasteiger partial charge is 0.418 e. The number of piperidine rings is 6. The molecule has 504 valence electrons. The third-order valence-electron chi connectivity index (χ3n) is 20.6. The molecule has 0 aliphatic carbocycles. The van der Waals surface area contributed by atoms with E-state index >= 15 is 0 Å². The number of amides is 3. The molecule has 0 bridgehead atoms. The van der Waals surface area contributed by atoms with Crippen molar-refractivity contribution in [2.24, 2.45) is 35.5 Å². The first-order chi connectivity index (χ1) is 44.2. The topological polar surface area (TPSA) is 109 Å². The highest BCUT2D eigenvalue weighted by molar-refractivity contribution is 5.88. The molecule has 0 saturated carbocycles. The van der Waals surface area contributed by atoms with Crippen molar-refractivity contribution in [2.75, 3.05) is 99.7 Å². The molecule has 0 spiro atoms. The van der Waals surface area contributed by atoms with Crippen LogP contribution in [0.3, 0.4) is 0 Å². The number of hydrogen-bond acceptors (Lipinski definition) is 9. The SMILES string of the molecule is CC1CC(c2ccc(C(F)(F)F)c3ncccc23)CN(C(=O)CC2CCN(C)CC2)C1.C[C@@H]1C[C@H](c2ccc(C(F)(F)F)c3ncccc23)CN(C(=O)CC2CCN(C)CC2)C1.C[C@H]1C[C@@H](c2ccc(C(F)(F)F)c3ncccc23)CN(C(=O)CC2CCN(C)CC2)C1. The molecule has 0 N–H and O–H groups in total. The van der Waals surface area contributed by atoms with E-state index in [1.165, 1.54) is 18.6 Å². The smallest absolute Gasteiger partial charge is 0.342 e. The van der Waals surface area contributed by atoms with Crippen LogP contribution < -0.4 is 0 Å². The highest BCUT2D eigenvalue weighted by atomic mass is 19.4. The minimum Gasteiger partial charge on any atom is -0.342 e. The fourth-order valence-corrected chi connectivity index (χ4v) is 15.6. The van der Waals surface area contributed by atoms with Crippen molar-refractivity contribution in [3.8, 4) is 0 Å². The molecule has 12 nitrogen and oxygen atoms in total. The zero-order chi connectivity index (χ0) is 66.5. The third kappa shape index (κ3) is 17.3. The van der Waals surface area contributed by atoms with Crippen LogP contribution in [0.4, 0.5) is 39.5 Å². The molecule has 3 amide bonds. The van der Waals surface area contributed by atoms with Gasteiger partial charge in [-0.2, -0.15) is 39.5 Å². The average molecular weight is 1300 g/mol. The van der Waals surface area contributed by atoms with Crippen molar-refractivity contribution in [1.29, 1.82) is 0 Å². The molecule has 3 aromatic carbocycles. The van der Waals surface area contributed by atoms with Crippen LogP contribution in [0.2, 0.25) is 0 Å². The summed E-state index contributed by atoms with van der Waals surface area (Å²) in [5, 5.41) is 1.62. The van der Waals surface area contributed by atoms with Gasteiger partial charge in [-0.05, 0) is 207 Å². The highest BCUT2D eigenvalue weighted by Gasteiger charge is 2.40. The fraction of sp³-hybridized carbons (Fsp3) is 0.583. The fourth-order valence-electron chi connectivity index (χ4n) is 15.6. The maximum Gasteiger partial charge on any atom is 0.418 e. The normalized spacial score (nSPS) is 24.0. The number of benzene rings is 3. The van der Waals surface area contributed by atoms with Gasteiger partial charge >= 0.3 is 18.5 Å². The number of halogens is 9. The molecule has 6 aliphatic rings. The predicted molar refractivity (Wildman–Crippen MR) is 344 cm³/mol. The summed E-state index contributed by atoms with van der Waals surface area (Å²) in [5.74, 6) is 2.76. The summed E-state index contributed by atoms with van der Waals surface area (Å²) in [6, 6.07) is 18.4. The maximum atomic E-state index is 13.5. The minimum atomic E-state index is -4.44. The van der Waals surface area contributed by atoms with Crippen molar-refractivity contribution >= 4 is 50.4 Å². The van der Waals surface area contributed by atoms with Crippen LogP contribution in [0.25, 0.3) is 32.7 Å². The quantitative estimate of drug-likeness (QED) is 0.131. The summed E-state index contributed by atoms with van der Waals surface area (Å²) >= 11 is 0. The van der Waals surface area contributed by atoms with Crippen LogP contribution in [0.5, 0.6) is 0 Å². The monoisotopic (exact) mass is 1300 g/mol. The number of carbonyl (C=O) groups excluding carboxylic acids is 3. The molecule has 2 unspecified atom stereocenters. The number of pyridine rings is 3. The first-order valence-electron chi connectivity index (χ1n) is 33.4. The van der Waals surface area contributed by atoms with Crippen LogP contribution in [-0.2, 0) is 32.9 Å². The molecular weight excluding hydrogens is 1210 g/mol. The van der Waals surface area contributed by atoms with E-state index in [1.54, 1.807) is 54.6 Å². The number of rotatable bonds is 9. The Morgan fingerprint density at radius 1 is 0.387 bits per heavy atom. The van der Waals surface area contributed by atoms with Gasteiger partial charge in [-0.3, -0.25) is 29.3 Å². The van der Waals surface area contributed by atoms with Crippen molar-refractivity contribution in [3.05, 3.63) is 125 Å². The lowest BCUT2D eigenvalue weighted by Gasteiger charge is -2.38. The van der Waals surface area contributed by atoms with Crippen LogP contribution in [-0.4, -0.2) is 162 Å². The maximum absolute atomic E-state index is 13.5. The predicted octanol–water partition coefficient (Wildman–Crippen LogP) is 14.8. The van der Waals surface area contributed by atoms with Crippen LogP contribution in [0.1, 0.15) is 149 Å². The highest BCUT2D eigenvalue weighted by Crippen LogP contribution is 2.44. The molecule has 12 rings (SSSR count). The molecule has 6 aliphatic heterocycles. The number of alkyl halides is 9. The molecule has 9 heterocycles. The van der Waals surface area contributed by atoms with Gasteiger partial charge in [0.25, 0.3) is 0 Å². The molecule has 6 aromatic rings. The Balaban J connectivity index is 0.000000153. The summed E-state index contributed by atoms with van der Waals surface area (Å²) in [6.07, 6.45) is 1.44. The van der Waals surface area contributed by atoms with E-state index < -0.39 is 35.2 Å². The molecule has 6 atom stereocenters. The summed E-state index contributed by atoms with van der Waals surface area (Å²) in [6.45, 7) is 16.4. The van der Waals surface area contributed by atoms with Gasteiger partial charge in [-0.25, -0.2) is 0 Å². The number of hydrogen-bond donors (Lipinski definition) is 0. The van der Waals surface area contributed by atoms with Crippen molar-refractivity contribution < 1.29 is 53.9 Å². The first-order valence-corrected chi connectivity index (χ1v) is 33.4. The van der Waals surface area contributed by atoms with Gasteiger partial charge < -0.3 is 29.4 Å². The second kappa shape index (κ2) is 29.7. The third-order valence-corrected chi connectivity index (χ3v) is 20.6. The summed E-state index contributed by atoms with van der Waals surface area (Å²) in [5.41, 5.74) is 0.460.